The number of hydrogen-bond donors (Lipinski definition) is 0. The third-order valence-electron chi connectivity index (χ3n) is 7.29. The van der Waals surface area contributed by atoms with Crippen molar-refractivity contribution in [3.63, 3.8) is 0 Å². The van der Waals surface area contributed by atoms with Gasteiger partial charge in [0.05, 0.1) is 33.2 Å². The molecule has 0 fully saturated rings. The summed E-state index contributed by atoms with van der Waals surface area (Å²) in [6.07, 6.45) is 5.18. The minimum Gasteiger partial charge on any atom is -0.748 e. The van der Waals surface area contributed by atoms with E-state index in [1.165, 1.54) is 0 Å². The van der Waals surface area contributed by atoms with Crippen LogP contribution in [0.4, 0.5) is 0 Å². The van der Waals surface area contributed by atoms with Crippen molar-refractivity contribution < 1.29 is 52.1 Å². The maximum atomic E-state index is 13.6. The Morgan fingerprint density at radius 3 is 2.45 bits per heavy atom. The van der Waals surface area contributed by atoms with Crippen LogP contribution in [-0.2, 0) is 27.8 Å². The first-order valence-electron chi connectivity index (χ1n) is 14.3. The van der Waals surface area contributed by atoms with Crippen LogP contribution in [-0.4, -0.2) is 53.7 Å². The Balaban J connectivity index is 0.00000442. The molecular formula is C33H33ClN3NaO5S. The summed E-state index contributed by atoms with van der Waals surface area (Å²) < 4.78 is 37.9. The number of unbranched alkanes of at least 4 members (excludes halogenated alkanes) is 3. The summed E-state index contributed by atoms with van der Waals surface area (Å²) in [6.45, 7) is 2.45. The van der Waals surface area contributed by atoms with Crippen molar-refractivity contribution in [3.8, 4) is 5.75 Å². The largest absolute Gasteiger partial charge is 1.00 e. The molecule has 3 aromatic carbocycles. The first-order chi connectivity index (χ1) is 20.7. The minimum atomic E-state index is -4.16. The molecule has 8 nitrogen and oxygen atoms in total. The molecule has 1 atom stereocenters. The monoisotopic (exact) mass is 641 g/mol. The molecule has 1 unspecified atom stereocenters. The van der Waals surface area contributed by atoms with Gasteiger partial charge in [0.2, 0.25) is 0 Å². The summed E-state index contributed by atoms with van der Waals surface area (Å²) in [6, 6.07) is 23.0. The van der Waals surface area contributed by atoms with Crippen molar-refractivity contribution in [2.45, 2.75) is 51.5 Å². The molecule has 0 radical (unpaired) electrons. The number of aliphatic imine (C=N–C) groups is 2. The van der Waals surface area contributed by atoms with E-state index in [0.717, 1.165) is 40.1 Å². The summed E-state index contributed by atoms with van der Waals surface area (Å²) in [4.78, 5) is 25.1. The van der Waals surface area contributed by atoms with E-state index in [9.17, 15) is 17.8 Å². The molecule has 0 bridgehead atoms. The van der Waals surface area contributed by atoms with E-state index in [4.69, 9.17) is 26.3 Å². The van der Waals surface area contributed by atoms with Gasteiger partial charge in [-0.3, -0.25) is 14.7 Å². The summed E-state index contributed by atoms with van der Waals surface area (Å²) >= 11 is 6.51. The van der Waals surface area contributed by atoms with Gasteiger partial charge in [0, 0.05) is 30.4 Å². The Hall–Kier alpha value is -2.79. The summed E-state index contributed by atoms with van der Waals surface area (Å²) in [5.74, 6) is 0.673. The van der Waals surface area contributed by atoms with Crippen molar-refractivity contribution in [3.05, 3.63) is 106 Å². The second kappa shape index (κ2) is 15.5. The minimum absolute atomic E-state index is 0. The fourth-order valence-corrected chi connectivity index (χ4v) is 5.94. The molecule has 2 aliphatic rings. The van der Waals surface area contributed by atoms with Crippen molar-refractivity contribution in [1.29, 1.82) is 0 Å². The third kappa shape index (κ3) is 9.12. The average Bonchev–Trinajstić information content (AvgIpc) is 3.28. The normalized spacial score (nSPS) is 16.1. The van der Waals surface area contributed by atoms with Crippen LogP contribution in [0.2, 0.25) is 5.02 Å². The second-order valence-corrected chi connectivity index (χ2v) is 12.7. The van der Waals surface area contributed by atoms with Crippen molar-refractivity contribution in [1.82, 2.24) is 4.90 Å². The number of fused-ring (bicyclic) bond motifs is 1. The fraction of sp³-hybridized carbons (Fsp3) is 0.303. The van der Waals surface area contributed by atoms with E-state index in [0.29, 0.717) is 55.3 Å². The molecule has 0 saturated carbocycles. The van der Waals surface area contributed by atoms with Crippen LogP contribution in [0.5, 0.6) is 5.75 Å². The quantitative estimate of drug-likeness (QED) is 0.162. The van der Waals surface area contributed by atoms with Crippen LogP contribution in [0.25, 0.3) is 5.70 Å². The zero-order valence-corrected chi connectivity index (χ0v) is 28.5. The van der Waals surface area contributed by atoms with Crippen LogP contribution in [0.3, 0.4) is 0 Å². The second-order valence-electron chi connectivity index (χ2n) is 10.8. The Morgan fingerprint density at radius 2 is 1.73 bits per heavy atom. The van der Waals surface area contributed by atoms with Crippen molar-refractivity contribution >= 4 is 44.9 Å². The van der Waals surface area contributed by atoms with Crippen LogP contribution in [0.1, 0.15) is 47.9 Å². The Bertz CT molecular complexity index is 1690. The molecule has 0 spiro atoms. The van der Waals surface area contributed by atoms with Crippen LogP contribution < -0.4 is 34.3 Å². The van der Waals surface area contributed by atoms with Gasteiger partial charge < -0.3 is 9.29 Å². The maximum absolute atomic E-state index is 13.6. The zero-order valence-electron chi connectivity index (χ0n) is 24.9. The van der Waals surface area contributed by atoms with Crippen LogP contribution in [0.15, 0.2) is 89.0 Å². The van der Waals surface area contributed by atoms with E-state index < -0.39 is 16.2 Å². The van der Waals surface area contributed by atoms with E-state index in [2.05, 4.69) is 6.07 Å². The molecule has 224 valence electrons. The van der Waals surface area contributed by atoms with E-state index >= 15 is 0 Å². The maximum Gasteiger partial charge on any atom is 1.00 e. The van der Waals surface area contributed by atoms with Crippen molar-refractivity contribution in [2.24, 2.45) is 9.98 Å². The number of rotatable bonds is 13. The molecule has 0 N–H and O–H groups in total. The molecule has 44 heavy (non-hydrogen) atoms. The molecule has 0 aliphatic carbocycles. The Kier molecular flexibility index (Phi) is 12.0. The average molecular weight is 642 g/mol. The molecule has 3 aromatic rings. The molecule has 1 amide bonds. The summed E-state index contributed by atoms with van der Waals surface area (Å²) in [5, 5.41) is 0.443. The fourth-order valence-electron chi connectivity index (χ4n) is 5.13. The van der Waals surface area contributed by atoms with Crippen LogP contribution >= 0.6 is 11.6 Å². The topological polar surface area (TPSA) is 111 Å². The number of ether oxygens (including phenoxy) is 1. The van der Waals surface area contributed by atoms with Gasteiger partial charge >= 0.3 is 29.6 Å². The van der Waals surface area contributed by atoms with Gasteiger partial charge in [0.15, 0.2) is 5.84 Å². The van der Waals surface area contributed by atoms with Gasteiger partial charge in [-0.2, -0.15) is 0 Å². The number of hydrogen-bond acceptors (Lipinski definition) is 7. The molecule has 2 aliphatic heterocycles. The first-order valence-corrected chi connectivity index (χ1v) is 16.3. The van der Waals surface area contributed by atoms with Gasteiger partial charge in [-0.1, -0.05) is 84.6 Å². The van der Waals surface area contributed by atoms with E-state index in [-0.39, 0.29) is 41.2 Å². The first kappa shape index (κ1) is 34.1. The molecular weight excluding hydrogens is 609 g/mol. The van der Waals surface area contributed by atoms with Gasteiger partial charge in [-0.15, -0.1) is 0 Å². The number of amides is 1. The third-order valence-corrected chi connectivity index (χ3v) is 8.38. The van der Waals surface area contributed by atoms with Gasteiger partial charge in [0.1, 0.15) is 11.8 Å². The SMILES string of the molecule is Cc1cccc(C2=CN3C(=O)C(Cc4ccc(OCCCCCCS(=O)(=O)[O-])c(Cl)c4)N=C3C(Cc3ccccc3)=N2)c1.[Na+]. The smallest absolute Gasteiger partial charge is 0.748 e. The van der Waals surface area contributed by atoms with Gasteiger partial charge in [-0.25, -0.2) is 13.4 Å². The number of aryl methyl sites for hydroxylation is 1. The van der Waals surface area contributed by atoms with Gasteiger partial charge in [0.25, 0.3) is 5.91 Å². The van der Waals surface area contributed by atoms with Crippen molar-refractivity contribution in [2.75, 3.05) is 12.4 Å². The van der Waals surface area contributed by atoms with Gasteiger partial charge in [-0.05, 0) is 49.1 Å². The molecule has 0 aromatic heterocycles. The summed E-state index contributed by atoms with van der Waals surface area (Å²) in [7, 11) is -4.16. The van der Waals surface area contributed by atoms with E-state index in [1.54, 1.807) is 23.2 Å². The Labute approximate surface area is 285 Å². The molecule has 2 heterocycles. The molecule has 5 rings (SSSR count). The number of amidine groups is 1. The van der Waals surface area contributed by atoms with E-state index in [1.807, 2.05) is 61.5 Å². The molecule has 11 heteroatoms. The number of nitrogens with zero attached hydrogens (tertiary/aromatic N) is 3. The standard InChI is InChI=1S/C33H34ClN3O5S.Na/c1-23-10-9-13-26(18-23)30-22-37-32(28(35-30)20-24-11-5-4-6-12-24)36-29(33(37)38)21-25-14-15-31(27(34)19-25)42-16-7-2-3-8-17-43(39,40)41;/h4-6,9-15,18-19,22,29H,2-3,7-8,16-17,20-21H2,1H3,(H,39,40,41);/q;+1/p-1. The summed E-state index contributed by atoms with van der Waals surface area (Å²) in [5.41, 5.74) is 5.48. The predicted molar refractivity (Wildman–Crippen MR) is 168 cm³/mol. The van der Waals surface area contributed by atoms with Crippen LogP contribution in [0, 0.1) is 6.92 Å². The number of carbonyl (C=O) groups excluding carboxylic acids is 1. The molecule has 0 saturated heterocycles. The number of halogens is 1. The Morgan fingerprint density at radius 1 is 0.955 bits per heavy atom. The number of carbonyl (C=O) groups is 1. The zero-order chi connectivity index (χ0) is 30.4. The number of benzene rings is 3. The predicted octanol–water partition coefficient (Wildman–Crippen LogP) is 2.98.